The first-order valence-corrected chi connectivity index (χ1v) is 9.55. The summed E-state index contributed by atoms with van der Waals surface area (Å²) in [5, 5.41) is 7.38. The summed E-state index contributed by atoms with van der Waals surface area (Å²) in [7, 11) is 0. The molecule has 1 aromatic carbocycles. The first kappa shape index (κ1) is 19.3. The van der Waals surface area contributed by atoms with Crippen molar-refractivity contribution >= 4 is 17.5 Å². The molecule has 0 radical (unpaired) electrons. The predicted octanol–water partition coefficient (Wildman–Crippen LogP) is 1.87. The molecule has 1 amide bonds. The molecule has 1 aliphatic heterocycles. The molecule has 3 heterocycles. The van der Waals surface area contributed by atoms with Gasteiger partial charge in [0.05, 0.1) is 30.9 Å². The van der Waals surface area contributed by atoms with E-state index in [0.29, 0.717) is 30.9 Å². The van der Waals surface area contributed by atoms with E-state index in [-0.39, 0.29) is 35.3 Å². The van der Waals surface area contributed by atoms with E-state index in [0.717, 1.165) is 4.68 Å². The van der Waals surface area contributed by atoms with E-state index in [4.69, 9.17) is 11.6 Å². The van der Waals surface area contributed by atoms with Gasteiger partial charge in [0.2, 0.25) is 5.91 Å². The van der Waals surface area contributed by atoms with E-state index in [1.165, 1.54) is 16.7 Å². The fourth-order valence-electron chi connectivity index (χ4n) is 3.42. The molecule has 4 rings (SSSR count). The molecular formula is C19H18ClFN6O2. The van der Waals surface area contributed by atoms with Crippen molar-refractivity contribution in [3.63, 3.8) is 0 Å². The zero-order valence-corrected chi connectivity index (χ0v) is 16.1. The summed E-state index contributed by atoms with van der Waals surface area (Å²) < 4.78 is 16.7. The molecule has 0 bridgehead atoms. The largest absolute Gasteiger partial charge is 0.350 e. The summed E-state index contributed by atoms with van der Waals surface area (Å²) in [5.74, 6) is -0.929. The van der Waals surface area contributed by atoms with Crippen LogP contribution in [0.25, 0.3) is 0 Å². The highest BCUT2D eigenvalue weighted by Gasteiger charge is 2.31. The van der Waals surface area contributed by atoms with Crippen LogP contribution in [0.5, 0.6) is 0 Å². The van der Waals surface area contributed by atoms with Crippen molar-refractivity contribution < 1.29 is 9.18 Å². The Hall–Kier alpha value is -3.07. The molecule has 0 saturated carbocycles. The van der Waals surface area contributed by atoms with Crippen LogP contribution in [0, 0.1) is 5.82 Å². The van der Waals surface area contributed by atoms with Gasteiger partial charge >= 0.3 is 5.69 Å². The maximum absolute atomic E-state index is 14.1. The predicted molar refractivity (Wildman–Crippen MR) is 103 cm³/mol. The Morgan fingerprint density at radius 3 is 2.97 bits per heavy atom. The number of nitrogens with one attached hydrogen (secondary N) is 1. The lowest BCUT2D eigenvalue weighted by molar-refractivity contribution is -0.123. The lowest BCUT2D eigenvalue weighted by Crippen LogP contribution is -2.35. The van der Waals surface area contributed by atoms with Gasteiger partial charge in [0, 0.05) is 29.5 Å². The molecule has 150 valence electrons. The van der Waals surface area contributed by atoms with Gasteiger partial charge in [-0.05, 0) is 25.0 Å². The average Bonchev–Trinajstić information content (AvgIpc) is 3.05. The van der Waals surface area contributed by atoms with Gasteiger partial charge in [-0.15, -0.1) is 0 Å². The standard InChI is InChI=1S/C19H18ClFN6O2/c20-15-4-1-5-16(21)14(15)11-27-19(29)26-8-2-3-13(17(26)25-27)18(28)24-10-12-9-22-6-7-23-12/h1,4-7,9,13H,2-3,8,10-11H2,(H,24,28). The van der Waals surface area contributed by atoms with Crippen LogP contribution in [0.3, 0.4) is 0 Å². The van der Waals surface area contributed by atoms with Crippen molar-refractivity contribution in [2.75, 3.05) is 0 Å². The molecule has 0 fully saturated rings. The third kappa shape index (κ3) is 3.91. The van der Waals surface area contributed by atoms with Gasteiger partial charge in [0.25, 0.3) is 0 Å². The number of aromatic nitrogens is 5. The fourth-order valence-corrected chi connectivity index (χ4v) is 3.64. The van der Waals surface area contributed by atoms with Crippen LogP contribution in [0.1, 0.15) is 35.8 Å². The molecule has 1 N–H and O–H groups in total. The first-order chi connectivity index (χ1) is 14.0. The second-order valence-electron chi connectivity index (χ2n) is 6.76. The van der Waals surface area contributed by atoms with Crippen molar-refractivity contribution in [2.24, 2.45) is 0 Å². The molecule has 29 heavy (non-hydrogen) atoms. The quantitative estimate of drug-likeness (QED) is 0.685. The van der Waals surface area contributed by atoms with Gasteiger partial charge in [-0.3, -0.25) is 19.3 Å². The topological polar surface area (TPSA) is 94.7 Å². The van der Waals surface area contributed by atoms with E-state index in [1.54, 1.807) is 24.7 Å². The molecular weight excluding hydrogens is 399 g/mol. The van der Waals surface area contributed by atoms with Crippen molar-refractivity contribution in [1.29, 1.82) is 0 Å². The monoisotopic (exact) mass is 416 g/mol. The van der Waals surface area contributed by atoms with E-state index in [9.17, 15) is 14.0 Å². The zero-order valence-electron chi connectivity index (χ0n) is 15.4. The number of amides is 1. The third-order valence-electron chi connectivity index (χ3n) is 4.88. The molecule has 1 atom stereocenters. The van der Waals surface area contributed by atoms with Crippen LogP contribution in [0.15, 0.2) is 41.6 Å². The lowest BCUT2D eigenvalue weighted by Gasteiger charge is -2.21. The molecule has 8 nitrogen and oxygen atoms in total. The van der Waals surface area contributed by atoms with Crippen LogP contribution in [0.4, 0.5) is 4.39 Å². The summed E-state index contributed by atoms with van der Waals surface area (Å²) in [4.78, 5) is 33.5. The smallest absolute Gasteiger partial charge is 0.346 e. The van der Waals surface area contributed by atoms with Gasteiger partial charge in [0.15, 0.2) is 0 Å². The summed E-state index contributed by atoms with van der Waals surface area (Å²) in [6.45, 7) is 0.602. The van der Waals surface area contributed by atoms with Gasteiger partial charge in [-0.2, -0.15) is 5.10 Å². The highest BCUT2D eigenvalue weighted by atomic mass is 35.5. The van der Waals surface area contributed by atoms with Crippen molar-refractivity contribution in [2.45, 2.75) is 38.4 Å². The van der Waals surface area contributed by atoms with E-state index >= 15 is 0 Å². The Morgan fingerprint density at radius 2 is 2.21 bits per heavy atom. The maximum atomic E-state index is 14.1. The number of carbonyl (C=O) groups is 1. The van der Waals surface area contributed by atoms with Crippen LogP contribution < -0.4 is 11.0 Å². The Balaban J connectivity index is 1.57. The minimum absolute atomic E-state index is 0.0989. The number of benzene rings is 1. The molecule has 10 heteroatoms. The number of hydrogen-bond acceptors (Lipinski definition) is 5. The SMILES string of the molecule is O=C(NCc1cnccn1)C1CCCn2c1nn(Cc1c(F)cccc1Cl)c2=O. The zero-order chi connectivity index (χ0) is 20.4. The second kappa shape index (κ2) is 8.12. The number of hydrogen-bond donors (Lipinski definition) is 1. The van der Waals surface area contributed by atoms with Crippen molar-refractivity contribution in [1.82, 2.24) is 29.6 Å². The maximum Gasteiger partial charge on any atom is 0.346 e. The molecule has 1 unspecified atom stereocenters. The lowest BCUT2D eigenvalue weighted by atomic mass is 9.98. The van der Waals surface area contributed by atoms with Crippen LogP contribution in [0.2, 0.25) is 5.02 Å². The van der Waals surface area contributed by atoms with E-state index < -0.39 is 11.7 Å². The minimum Gasteiger partial charge on any atom is -0.350 e. The van der Waals surface area contributed by atoms with Crippen LogP contribution in [-0.4, -0.2) is 30.2 Å². The number of halogens is 2. The molecule has 1 aliphatic rings. The van der Waals surface area contributed by atoms with Gasteiger partial charge in [-0.25, -0.2) is 13.9 Å². The van der Waals surface area contributed by atoms with Gasteiger partial charge in [-0.1, -0.05) is 17.7 Å². The van der Waals surface area contributed by atoms with Crippen LogP contribution in [-0.2, 0) is 24.4 Å². The van der Waals surface area contributed by atoms with Gasteiger partial charge < -0.3 is 5.32 Å². The molecule has 0 aliphatic carbocycles. The summed E-state index contributed by atoms with van der Waals surface area (Å²) in [5.41, 5.74) is 0.440. The summed E-state index contributed by atoms with van der Waals surface area (Å²) in [6.07, 6.45) is 5.92. The first-order valence-electron chi connectivity index (χ1n) is 9.17. The van der Waals surface area contributed by atoms with Crippen molar-refractivity contribution in [3.8, 4) is 0 Å². The highest BCUT2D eigenvalue weighted by molar-refractivity contribution is 6.31. The number of carbonyl (C=O) groups excluding carboxylic acids is 1. The normalized spacial score (nSPS) is 15.7. The fraction of sp³-hybridized carbons (Fsp3) is 0.316. The Kier molecular flexibility index (Phi) is 5.39. The third-order valence-corrected chi connectivity index (χ3v) is 5.24. The summed E-state index contributed by atoms with van der Waals surface area (Å²) in [6, 6.07) is 4.34. The van der Waals surface area contributed by atoms with E-state index in [1.807, 2.05) is 0 Å². The molecule has 2 aromatic heterocycles. The van der Waals surface area contributed by atoms with Crippen molar-refractivity contribution in [3.05, 3.63) is 75.2 Å². The molecule has 0 spiro atoms. The van der Waals surface area contributed by atoms with Gasteiger partial charge in [0.1, 0.15) is 11.6 Å². The highest BCUT2D eigenvalue weighted by Crippen LogP contribution is 2.25. The Labute approximate surface area is 170 Å². The minimum atomic E-state index is -0.564. The second-order valence-corrected chi connectivity index (χ2v) is 7.17. The van der Waals surface area contributed by atoms with Crippen LogP contribution >= 0.6 is 11.6 Å². The number of rotatable bonds is 5. The number of nitrogens with zero attached hydrogens (tertiary/aromatic N) is 5. The molecule has 0 saturated heterocycles. The Morgan fingerprint density at radius 1 is 1.34 bits per heavy atom. The number of fused-ring (bicyclic) bond motifs is 1. The summed E-state index contributed by atoms with van der Waals surface area (Å²) >= 11 is 6.07. The van der Waals surface area contributed by atoms with E-state index in [2.05, 4.69) is 20.4 Å². The molecule has 3 aromatic rings. The average molecular weight is 417 g/mol. The Bertz CT molecular complexity index is 1080.